The minimum atomic E-state index is 0.344. The lowest BCUT2D eigenvalue weighted by molar-refractivity contribution is 0.0403. The van der Waals surface area contributed by atoms with Crippen LogP contribution in [0.4, 0.5) is 0 Å². The number of likely N-dealkylation sites (N-methyl/N-ethyl adjacent to an activating group) is 1. The molecule has 1 heterocycles. The predicted molar refractivity (Wildman–Crippen MR) is 61.7 cm³/mol. The maximum atomic E-state index is 5.79. The molecule has 0 aliphatic heterocycles. The second-order valence-electron chi connectivity index (χ2n) is 3.23. The van der Waals surface area contributed by atoms with Crippen molar-refractivity contribution in [2.24, 2.45) is 0 Å². The first-order valence-electron chi connectivity index (χ1n) is 5.21. The van der Waals surface area contributed by atoms with Crippen LogP contribution in [0, 0.1) is 0 Å². The van der Waals surface area contributed by atoms with Crippen molar-refractivity contribution < 1.29 is 4.74 Å². The highest BCUT2D eigenvalue weighted by Crippen LogP contribution is 2.11. The van der Waals surface area contributed by atoms with Crippen LogP contribution in [0.3, 0.4) is 0 Å². The van der Waals surface area contributed by atoms with E-state index in [-0.39, 0.29) is 0 Å². The lowest BCUT2D eigenvalue weighted by Gasteiger charge is -2.15. The van der Waals surface area contributed by atoms with Gasteiger partial charge < -0.3 is 10.1 Å². The fraction of sp³-hybridized carbons (Fsp3) is 0.636. The first-order chi connectivity index (χ1) is 6.86. The molecule has 14 heavy (non-hydrogen) atoms. The summed E-state index contributed by atoms with van der Waals surface area (Å²) in [5, 5.41) is 5.40. The van der Waals surface area contributed by atoms with Crippen LogP contribution in [-0.2, 0) is 11.3 Å². The first-order valence-corrected chi connectivity index (χ1v) is 6.09. The van der Waals surface area contributed by atoms with Crippen LogP contribution in [0.2, 0.25) is 0 Å². The molecule has 0 aliphatic rings. The fourth-order valence-corrected chi connectivity index (χ4v) is 1.85. The van der Waals surface area contributed by atoms with Gasteiger partial charge in [0.25, 0.3) is 0 Å². The van der Waals surface area contributed by atoms with Gasteiger partial charge in [0, 0.05) is 11.4 Å². The van der Waals surface area contributed by atoms with E-state index in [2.05, 4.69) is 36.7 Å². The van der Waals surface area contributed by atoms with Crippen molar-refractivity contribution in [2.75, 3.05) is 13.1 Å². The van der Waals surface area contributed by atoms with Crippen molar-refractivity contribution >= 4 is 11.3 Å². The molecular weight excluding hydrogens is 194 g/mol. The highest BCUT2D eigenvalue weighted by molar-refractivity contribution is 7.09. The third-order valence-electron chi connectivity index (χ3n) is 2.12. The highest BCUT2D eigenvalue weighted by atomic mass is 32.1. The van der Waals surface area contributed by atoms with Crippen molar-refractivity contribution in [2.45, 2.75) is 33.0 Å². The van der Waals surface area contributed by atoms with E-state index in [0.29, 0.717) is 6.10 Å². The summed E-state index contributed by atoms with van der Waals surface area (Å²) in [7, 11) is 0. The Kier molecular flexibility index (Phi) is 5.83. The molecule has 0 amide bonds. The van der Waals surface area contributed by atoms with E-state index in [4.69, 9.17) is 4.74 Å². The minimum Gasteiger partial charge on any atom is -0.371 e. The maximum Gasteiger partial charge on any atom is 0.0813 e. The molecule has 0 radical (unpaired) electrons. The summed E-state index contributed by atoms with van der Waals surface area (Å²) in [6, 6.07) is 4.18. The summed E-state index contributed by atoms with van der Waals surface area (Å²) < 4.78 is 5.79. The van der Waals surface area contributed by atoms with E-state index in [1.54, 1.807) is 11.3 Å². The number of rotatable bonds is 7. The average Bonchev–Trinajstić information content (AvgIpc) is 2.71. The molecule has 0 spiro atoms. The summed E-state index contributed by atoms with van der Waals surface area (Å²) in [6.07, 6.45) is 1.41. The summed E-state index contributed by atoms with van der Waals surface area (Å²) in [5.41, 5.74) is 0. The monoisotopic (exact) mass is 213 g/mol. The molecule has 1 atom stereocenters. The molecule has 0 aliphatic carbocycles. The molecule has 0 aromatic carbocycles. The zero-order chi connectivity index (χ0) is 10.2. The normalized spacial score (nSPS) is 13.0. The van der Waals surface area contributed by atoms with E-state index in [0.717, 1.165) is 26.1 Å². The molecule has 1 aromatic rings. The zero-order valence-electron chi connectivity index (χ0n) is 8.95. The van der Waals surface area contributed by atoms with E-state index in [1.165, 1.54) is 4.88 Å². The molecule has 80 valence electrons. The number of hydrogen-bond acceptors (Lipinski definition) is 3. The molecule has 1 unspecified atom stereocenters. The van der Waals surface area contributed by atoms with Crippen molar-refractivity contribution in [1.82, 2.24) is 5.32 Å². The topological polar surface area (TPSA) is 21.3 Å². The largest absolute Gasteiger partial charge is 0.371 e. The Labute approximate surface area is 90.3 Å². The molecule has 0 saturated heterocycles. The van der Waals surface area contributed by atoms with Crippen LogP contribution in [0.5, 0.6) is 0 Å². The summed E-state index contributed by atoms with van der Waals surface area (Å²) in [4.78, 5) is 1.31. The highest BCUT2D eigenvalue weighted by Gasteiger charge is 2.05. The molecule has 0 fully saturated rings. The van der Waals surface area contributed by atoms with E-state index in [9.17, 15) is 0 Å². The van der Waals surface area contributed by atoms with Gasteiger partial charge in [0.1, 0.15) is 0 Å². The lowest BCUT2D eigenvalue weighted by atomic mass is 10.3. The fourth-order valence-electron chi connectivity index (χ4n) is 1.22. The molecule has 3 heteroatoms. The number of hydrogen-bond donors (Lipinski definition) is 1. The van der Waals surface area contributed by atoms with E-state index in [1.807, 2.05) is 0 Å². The Morgan fingerprint density at radius 3 is 2.93 bits per heavy atom. The van der Waals surface area contributed by atoms with E-state index < -0.39 is 0 Å². The van der Waals surface area contributed by atoms with Gasteiger partial charge in [-0.1, -0.05) is 19.9 Å². The van der Waals surface area contributed by atoms with Crippen LogP contribution < -0.4 is 5.32 Å². The Hall–Kier alpha value is -0.380. The standard InChI is InChI=1S/C11H19NOS/c1-3-10(8-12-4-2)13-9-11-6-5-7-14-11/h5-7,10,12H,3-4,8-9H2,1-2H3. The predicted octanol–water partition coefficient (Wildman–Crippen LogP) is 2.65. The molecule has 2 nitrogen and oxygen atoms in total. The Balaban J connectivity index is 2.20. The van der Waals surface area contributed by atoms with E-state index >= 15 is 0 Å². The Morgan fingerprint density at radius 2 is 2.36 bits per heavy atom. The maximum absolute atomic E-state index is 5.79. The molecular formula is C11H19NOS. The van der Waals surface area contributed by atoms with Crippen molar-refractivity contribution in [3.05, 3.63) is 22.4 Å². The van der Waals surface area contributed by atoms with Gasteiger partial charge in [-0.05, 0) is 24.4 Å². The van der Waals surface area contributed by atoms with Crippen molar-refractivity contribution in [3.8, 4) is 0 Å². The van der Waals surface area contributed by atoms with Crippen LogP contribution in [0.1, 0.15) is 25.1 Å². The van der Waals surface area contributed by atoms with Gasteiger partial charge in [-0.25, -0.2) is 0 Å². The molecule has 0 bridgehead atoms. The van der Waals surface area contributed by atoms with Gasteiger partial charge in [-0.2, -0.15) is 0 Å². The smallest absolute Gasteiger partial charge is 0.0813 e. The number of ether oxygens (including phenoxy) is 1. The number of nitrogens with one attached hydrogen (secondary N) is 1. The van der Waals surface area contributed by atoms with Crippen LogP contribution in [0.15, 0.2) is 17.5 Å². The van der Waals surface area contributed by atoms with Crippen LogP contribution in [-0.4, -0.2) is 19.2 Å². The van der Waals surface area contributed by atoms with Gasteiger partial charge in [0.15, 0.2) is 0 Å². The average molecular weight is 213 g/mol. The second kappa shape index (κ2) is 6.98. The first kappa shape index (κ1) is 11.7. The SMILES string of the molecule is CCNCC(CC)OCc1cccs1. The van der Waals surface area contributed by atoms with Gasteiger partial charge >= 0.3 is 0 Å². The van der Waals surface area contributed by atoms with Gasteiger partial charge in [0.2, 0.25) is 0 Å². The summed E-state index contributed by atoms with van der Waals surface area (Å²) in [5.74, 6) is 0. The zero-order valence-corrected chi connectivity index (χ0v) is 9.77. The third kappa shape index (κ3) is 4.22. The molecule has 1 N–H and O–H groups in total. The quantitative estimate of drug-likeness (QED) is 0.752. The third-order valence-corrected chi connectivity index (χ3v) is 2.97. The van der Waals surface area contributed by atoms with Crippen molar-refractivity contribution in [1.29, 1.82) is 0 Å². The molecule has 0 saturated carbocycles. The molecule has 1 rings (SSSR count). The molecule has 1 aromatic heterocycles. The summed E-state index contributed by atoms with van der Waals surface area (Å²) >= 11 is 1.75. The summed E-state index contributed by atoms with van der Waals surface area (Å²) in [6.45, 7) is 7.00. The van der Waals surface area contributed by atoms with Crippen LogP contribution >= 0.6 is 11.3 Å². The van der Waals surface area contributed by atoms with Gasteiger partial charge in [0.05, 0.1) is 12.7 Å². The van der Waals surface area contributed by atoms with Gasteiger partial charge in [-0.15, -0.1) is 11.3 Å². The Morgan fingerprint density at radius 1 is 1.50 bits per heavy atom. The lowest BCUT2D eigenvalue weighted by Crippen LogP contribution is -2.28. The Bertz CT molecular complexity index is 223. The number of thiophene rings is 1. The second-order valence-corrected chi connectivity index (χ2v) is 4.26. The van der Waals surface area contributed by atoms with Gasteiger partial charge in [-0.3, -0.25) is 0 Å². The van der Waals surface area contributed by atoms with Crippen LogP contribution in [0.25, 0.3) is 0 Å². The minimum absolute atomic E-state index is 0.344. The van der Waals surface area contributed by atoms with Crippen molar-refractivity contribution in [3.63, 3.8) is 0 Å².